The third-order valence-electron chi connectivity index (χ3n) is 5.69. The number of esters is 1. The predicted octanol–water partition coefficient (Wildman–Crippen LogP) is 6.71. The molecule has 0 aromatic heterocycles. The largest absolute Gasteiger partial charge is 0.498 e. The summed E-state index contributed by atoms with van der Waals surface area (Å²) >= 11 is 3.32. The number of benzene rings is 1. The molecule has 0 radical (unpaired) electrons. The predicted molar refractivity (Wildman–Crippen MR) is 133 cm³/mol. The average molecular weight is 532 g/mol. The molecule has 0 aliphatic carbocycles. The Morgan fingerprint density at radius 1 is 0.938 bits per heavy atom. The highest BCUT2D eigenvalue weighted by Crippen LogP contribution is 2.32. The normalized spacial score (nSPS) is 12.4. The number of carbonyl (C=O) groups excluding carboxylic acids is 1. The standard InChI is InChI=1S/C25H39BrO5S/c1-7-30-23(27)25(5,6)17-8-10-18-31-20(2)24(3,4)16-9-11-19-32(28,29)22-14-12-21(26)13-15-22/h12-15H,2,7-11,16-19H2,1,3-6H3. The molecule has 7 heteroatoms. The van der Waals surface area contributed by atoms with Crippen molar-refractivity contribution in [3.63, 3.8) is 0 Å². The number of hydrogen-bond acceptors (Lipinski definition) is 5. The van der Waals surface area contributed by atoms with E-state index < -0.39 is 15.3 Å². The van der Waals surface area contributed by atoms with Gasteiger partial charge in [-0.25, -0.2) is 8.42 Å². The SMILES string of the molecule is C=C(OCCCCC(C)(C)C(=O)OCC)C(C)(C)CCCCS(=O)(=O)c1ccc(Br)cc1. The van der Waals surface area contributed by atoms with Gasteiger partial charge < -0.3 is 9.47 Å². The summed E-state index contributed by atoms with van der Waals surface area (Å²) in [5.74, 6) is 0.695. The summed E-state index contributed by atoms with van der Waals surface area (Å²) in [4.78, 5) is 12.3. The maximum Gasteiger partial charge on any atom is 0.311 e. The van der Waals surface area contributed by atoms with Crippen LogP contribution in [0.15, 0.2) is 46.0 Å². The summed E-state index contributed by atoms with van der Waals surface area (Å²) in [7, 11) is -3.27. The Balaban J connectivity index is 2.33. The fourth-order valence-electron chi connectivity index (χ4n) is 3.25. The molecule has 5 nitrogen and oxygen atoms in total. The van der Waals surface area contributed by atoms with Crippen molar-refractivity contribution >= 4 is 31.7 Å². The molecule has 1 aromatic carbocycles. The van der Waals surface area contributed by atoms with Crippen LogP contribution in [0.4, 0.5) is 0 Å². The van der Waals surface area contributed by atoms with E-state index in [-0.39, 0.29) is 17.1 Å². The minimum atomic E-state index is -3.27. The molecule has 1 rings (SSSR count). The highest BCUT2D eigenvalue weighted by molar-refractivity contribution is 9.10. The number of sulfone groups is 1. The fourth-order valence-corrected chi connectivity index (χ4v) is 4.88. The summed E-state index contributed by atoms with van der Waals surface area (Å²) in [6.07, 6.45) is 4.63. The lowest BCUT2D eigenvalue weighted by atomic mass is 9.85. The quantitative estimate of drug-likeness (QED) is 0.143. The first-order valence-corrected chi connectivity index (χ1v) is 13.7. The van der Waals surface area contributed by atoms with Gasteiger partial charge in [0.2, 0.25) is 0 Å². The third-order valence-corrected chi connectivity index (χ3v) is 8.04. The number of ether oxygens (including phenoxy) is 2. The first-order valence-electron chi connectivity index (χ1n) is 11.3. The smallest absolute Gasteiger partial charge is 0.311 e. The van der Waals surface area contributed by atoms with E-state index in [0.717, 1.165) is 42.3 Å². The summed E-state index contributed by atoms with van der Waals surface area (Å²) in [5, 5.41) is 0. The molecular weight excluding hydrogens is 492 g/mol. The molecule has 0 amide bonds. The molecule has 0 atom stereocenters. The molecule has 0 unspecified atom stereocenters. The van der Waals surface area contributed by atoms with Crippen LogP contribution in [0, 0.1) is 10.8 Å². The number of carbonyl (C=O) groups is 1. The Morgan fingerprint density at radius 2 is 1.50 bits per heavy atom. The van der Waals surface area contributed by atoms with Gasteiger partial charge in [0.05, 0.1) is 35.0 Å². The zero-order valence-electron chi connectivity index (χ0n) is 20.2. The lowest BCUT2D eigenvalue weighted by Crippen LogP contribution is -2.26. The summed E-state index contributed by atoms with van der Waals surface area (Å²) in [6, 6.07) is 6.75. The third kappa shape index (κ3) is 9.65. The van der Waals surface area contributed by atoms with Crippen LogP contribution >= 0.6 is 15.9 Å². The zero-order valence-corrected chi connectivity index (χ0v) is 22.6. The van der Waals surface area contributed by atoms with Crippen molar-refractivity contribution in [1.82, 2.24) is 0 Å². The van der Waals surface area contributed by atoms with E-state index in [1.807, 2.05) is 20.8 Å². The second kappa shape index (κ2) is 12.8. The summed E-state index contributed by atoms with van der Waals surface area (Å²) < 4.78 is 36.8. The van der Waals surface area contributed by atoms with Gasteiger partial charge in [-0.1, -0.05) is 42.8 Å². The Bertz CT molecular complexity index is 842. The first-order chi connectivity index (χ1) is 14.8. The molecule has 32 heavy (non-hydrogen) atoms. The van der Waals surface area contributed by atoms with Crippen molar-refractivity contribution in [1.29, 1.82) is 0 Å². The molecule has 0 saturated heterocycles. The molecule has 0 spiro atoms. The van der Waals surface area contributed by atoms with Crippen LogP contribution in [0.2, 0.25) is 0 Å². The Morgan fingerprint density at radius 3 is 2.09 bits per heavy atom. The highest BCUT2D eigenvalue weighted by atomic mass is 79.9. The topological polar surface area (TPSA) is 69.7 Å². The van der Waals surface area contributed by atoms with Gasteiger partial charge in [0.15, 0.2) is 9.84 Å². The fraction of sp³-hybridized carbons (Fsp3) is 0.640. The second-order valence-corrected chi connectivity index (χ2v) is 12.5. The summed E-state index contributed by atoms with van der Waals surface area (Å²) in [5.41, 5.74) is -0.714. The van der Waals surface area contributed by atoms with Crippen molar-refractivity contribution in [2.45, 2.75) is 78.0 Å². The van der Waals surface area contributed by atoms with Crippen LogP contribution in [-0.4, -0.2) is 33.4 Å². The van der Waals surface area contributed by atoms with Crippen molar-refractivity contribution in [3.8, 4) is 0 Å². The first kappa shape index (κ1) is 28.7. The van der Waals surface area contributed by atoms with Gasteiger partial charge in [0, 0.05) is 9.89 Å². The molecule has 0 saturated carbocycles. The van der Waals surface area contributed by atoms with Crippen molar-refractivity contribution < 1.29 is 22.7 Å². The van der Waals surface area contributed by atoms with Crippen LogP contribution < -0.4 is 0 Å². The van der Waals surface area contributed by atoms with E-state index in [4.69, 9.17) is 9.47 Å². The minimum Gasteiger partial charge on any atom is -0.498 e. The Kier molecular flexibility index (Phi) is 11.5. The molecule has 0 aliphatic rings. The highest BCUT2D eigenvalue weighted by Gasteiger charge is 2.28. The molecule has 0 aliphatic heterocycles. The van der Waals surface area contributed by atoms with Crippen LogP contribution in [0.5, 0.6) is 0 Å². The van der Waals surface area contributed by atoms with Gasteiger partial charge in [-0.2, -0.15) is 0 Å². The number of allylic oxidation sites excluding steroid dienone is 1. The van der Waals surface area contributed by atoms with Gasteiger partial charge in [-0.15, -0.1) is 0 Å². The van der Waals surface area contributed by atoms with E-state index in [9.17, 15) is 13.2 Å². The van der Waals surface area contributed by atoms with Crippen LogP contribution in [-0.2, 0) is 24.1 Å². The van der Waals surface area contributed by atoms with Crippen molar-refractivity contribution in [3.05, 3.63) is 41.1 Å². The van der Waals surface area contributed by atoms with E-state index in [1.54, 1.807) is 24.3 Å². The van der Waals surface area contributed by atoms with Gasteiger partial charge >= 0.3 is 5.97 Å². The molecule has 0 heterocycles. The monoisotopic (exact) mass is 530 g/mol. The maximum absolute atomic E-state index is 12.5. The molecule has 0 N–H and O–H groups in total. The maximum atomic E-state index is 12.5. The Hall–Kier alpha value is -1.34. The number of hydrogen-bond donors (Lipinski definition) is 0. The minimum absolute atomic E-state index is 0.133. The van der Waals surface area contributed by atoms with Gasteiger partial charge in [-0.05, 0) is 77.1 Å². The van der Waals surface area contributed by atoms with Crippen LogP contribution in [0.3, 0.4) is 0 Å². The molecule has 182 valence electrons. The van der Waals surface area contributed by atoms with Crippen molar-refractivity contribution in [2.75, 3.05) is 19.0 Å². The zero-order chi connectivity index (χ0) is 24.4. The van der Waals surface area contributed by atoms with E-state index in [0.29, 0.717) is 24.5 Å². The average Bonchev–Trinajstić information content (AvgIpc) is 2.71. The number of rotatable bonds is 15. The number of unbranched alkanes of at least 4 members (excludes halogenated alkanes) is 2. The molecular formula is C25H39BrO5S. The number of halogens is 1. The van der Waals surface area contributed by atoms with Gasteiger partial charge in [0.25, 0.3) is 0 Å². The van der Waals surface area contributed by atoms with Crippen molar-refractivity contribution in [2.24, 2.45) is 10.8 Å². The second-order valence-electron chi connectivity index (χ2n) is 9.45. The molecule has 1 aromatic rings. The van der Waals surface area contributed by atoms with Gasteiger partial charge in [0.1, 0.15) is 0 Å². The van der Waals surface area contributed by atoms with E-state index >= 15 is 0 Å². The Labute approximate surface area is 203 Å². The van der Waals surface area contributed by atoms with Gasteiger partial charge in [-0.3, -0.25) is 4.79 Å². The summed E-state index contributed by atoms with van der Waals surface area (Å²) in [6.45, 7) is 14.8. The molecule has 0 bridgehead atoms. The lowest BCUT2D eigenvalue weighted by Gasteiger charge is -2.27. The van der Waals surface area contributed by atoms with Crippen LogP contribution in [0.1, 0.15) is 73.1 Å². The van der Waals surface area contributed by atoms with E-state index in [1.165, 1.54) is 0 Å². The molecule has 0 fully saturated rings. The van der Waals surface area contributed by atoms with E-state index in [2.05, 4.69) is 36.4 Å². The lowest BCUT2D eigenvalue weighted by molar-refractivity contribution is -0.153. The van der Waals surface area contributed by atoms with Crippen LogP contribution in [0.25, 0.3) is 0 Å².